The third-order valence-corrected chi connectivity index (χ3v) is 6.25. The number of halogens is 2. The van der Waals surface area contributed by atoms with E-state index >= 15 is 0 Å². The van der Waals surface area contributed by atoms with Crippen molar-refractivity contribution in [3.05, 3.63) is 63.6 Å². The van der Waals surface area contributed by atoms with Crippen LogP contribution in [-0.2, 0) is 21.2 Å². The highest BCUT2D eigenvalue weighted by Gasteiger charge is 2.26. The van der Waals surface area contributed by atoms with Crippen LogP contribution in [0, 0.1) is 0 Å². The number of aryl methyl sites for hydroxylation is 1. The highest BCUT2D eigenvalue weighted by atomic mass is 35.5. The fraction of sp³-hybridized carbons (Fsp3) is 0.316. The van der Waals surface area contributed by atoms with Gasteiger partial charge in [-0.25, -0.2) is 8.42 Å². The molecule has 0 spiro atoms. The summed E-state index contributed by atoms with van der Waals surface area (Å²) in [6, 6.07) is 12.4. The number of carbonyl (C=O) groups excluding carboxylic acids is 1. The molecular formula is C19H20Cl2N2O3S. The molecule has 0 aromatic heterocycles. The molecule has 5 nitrogen and oxygen atoms in total. The van der Waals surface area contributed by atoms with Crippen LogP contribution in [0.2, 0.25) is 10.0 Å². The lowest BCUT2D eigenvalue weighted by Gasteiger charge is -2.28. The zero-order valence-electron chi connectivity index (χ0n) is 14.8. The molecule has 0 saturated carbocycles. The van der Waals surface area contributed by atoms with Gasteiger partial charge >= 0.3 is 0 Å². The average Bonchev–Trinajstić information content (AvgIpc) is 2.61. The molecule has 8 heteroatoms. The summed E-state index contributed by atoms with van der Waals surface area (Å²) in [5.41, 5.74) is 2.49. The van der Waals surface area contributed by atoms with Crippen LogP contribution in [0.1, 0.15) is 30.0 Å². The molecule has 27 heavy (non-hydrogen) atoms. The lowest BCUT2D eigenvalue weighted by Crippen LogP contribution is -2.42. The summed E-state index contributed by atoms with van der Waals surface area (Å²) in [5.74, 6) is -0.391. The zero-order valence-corrected chi connectivity index (χ0v) is 17.1. The maximum absolute atomic E-state index is 12.7. The van der Waals surface area contributed by atoms with E-state index in [1.54, 1.807) is 6.07 Å². The van der Waals surface area contributed by atoms with Crippen molar-refractivity contribution in [3.63, 3.8) is 0 Å². The Bertz CT molecular complexity index is 963. The van der Waals surface area contributed by atoms with E-state index in [1.807, 2.05) is 18.2 Å². The number of rotatable bonds is 5. The Labute approximate surface area is 169 Å². The number of amides is 1. The summed E-state index contributed by atoms with van der Waals surface area (Å²) >= 11 is 12.1. The summed E-state index contributed by atoms with van der Waals surface area (Å²) in [7, 11) is -3.72. The first kappa shape index (κ1) is 20.0. The molecule has 1 aliphatic carbocycles. The van der Waals surface area contributed by atoms with Gasteiger partial charge in [0.2, 0.25) is 15.9 Å². The molecule has 144 valence electrons. The monoisotopic (exact) mass is 426 g/mol. The predicted octanol–water partition coefficient (Wildman–Crippen LogP) is 3.95. The molecule has 0 radical (unpaired) electrons. The zero-order chi connectivity index (χ0) is 19.6. The van der Waals surface area contributed by atoms with Crippen molar-refractivity contribution in [2.45, 2.75) is 25.3 Å². The molecular weight excluding hydrogens is 407 g/mol. The topological polar surface area (TPSA) is 66.5 Å². The standard InChI is InChI=1S/C19H20Cl2N2O3S/c1-27(25,26)23(18-11-14(20)9-10-16(18)21)12-19(24)22-17-8-4-6-13-5-2-3-7-15(13)17/h2-3,5,7,9-11,17H,4,6,8,12H2,1H3,(H,22,24)/t17-/m0/s1. The van der Waals surface area contributed by atoms with Gasteiger partial charge in [0.1, 0.15) is 6.54 Å². The number of nitrogens with zero attached hydrogens (tertiary/aromatic N) is 1. The van der Waals surface area contributed by atoms with E-state index in [0.29, 0.717) is 5.02 Å². The Morgan fingerprint density at radius 2 is 1.96 bits per heavy atom. The van der Waals surface area contributed by atoms with E-state index in [1.165, 1.54) is 17.7 Å². The van der Waals surface area contributed by atoms with Gasteiger partial charge in [-0.1, -0.05) is 47.5 Å². The predicted molar refractivity (Wildman–Crippen MR) is 109 cm³/mol. The van der Waals surface area contributed by atoms with Gasteiger partial charge in [-0.15, -0.1) is 0 Å². The number of sulfonamides is 1. The maximum Gasteiger partial charge on any atom is 0.241 e. The van der Waals surface area contributed by atoms with Gasteiger partial charge < -0.3 is 5.32 Å². The quantitative estimate of drug-likeness (QED) is 0.786. The summed E-state index contributed by atoms with van der Waals surface area (Å²) in [5, 5.41) is 3.51. The van der Waals surface area contributed by atoms with E-state index in [0.717, 1.165) is 35.4 Å². The Morgan fingerprint density at radius 3 is 2.70 bits per heavy atom. The Hall–Kier alpha value is -1.76. The summed E-state index contributed by atoms with van der Waals surface area (Å²) < 4.78 is 25.5. The number of hydrogen-bond donors (Lipinski definition) is 1. The molecule has 1 amide bonds. The van der Waals surface area contributed by atoms with Crippen molar-refractivity contribution in [2.75, 3.05) is 17.1 Å². The minimum absolute atomic E-state index is 0.126. The number of nitrogens with one attached hydrogen (secondary N) is 1. The number of carbonyl (C=O) groups is 1. The minimum Gasteiger partial charge on any atom is -0.348 e. The van der Waals surface area contributed by atoms with E-state index in [9.17, 15) is 13.2 Å². The van der Waals surface area contributed by atoms with Crippen LogP contribution < -0.4 is 9.62 Å². The van der Waals surface area contributed by atoms with Gasteiger partial charge in [-0.2, -0.15) is 0 Å². The van der Waals surface area contributed by atoms with Crippen LogP contribution >= 0.6 is 23.2 Å². The van der Waals surface area contributed by atoms with Crippen LogP contribution in [0.25, 0.3) is 0 Å². The Morgan fingerprint density at radius 1 is 1.22 bits per heavy atom. The fourth-order valence-electron chi connectivity index (χ4n) is 3.33. The molecule has 3 rings (SSSR count). The summed E-state index contributed by atoms with van der Waals surface area (Å²) in [6.45, 7) is -0.364. The first-order valence-corrected chi connectivity index (χ1v) is 11.2. The number of benzene rings is 2. The molecule has 0 saturated heterocycles. The van der Waals surface area contributed by atoms with E-state index < -0.39 is 15.9 Å². The van der Waals surface area contributed by atoms with Gasteiger partial charge in [0.05, 0.1) is 23.0 Å². The molecule has 0 fully saturated rings. The fourth-order valence-corrected chi connectivity index (χ4v) is 4.63. The lowest BCUT2D eigenvalue weighted by molar-refractivity contribution is -0.120. The Balaban J connectivity index is 1.81. The van der Waals surface area contributed by atoms with Crippen molar-refractivity contribution in [3.8, 4) is 0 Å². The van der Waals surface area contributed by atoms with Crippen LogP contribution in [-0.4, -0.2) is 27.1 Å². The molecule has 2 aromatic rings. The molecule has 1 atom stereocenters. The van der Waals surface area contributed by atoms with E-state index in [-0.39, 0.29) is 23.3 Å². The Kier molecular flexibility index (Phi) is 5.99. The minimum atomic E-state index is -3.72. The molecule has 1 aliphatic rings. The SMILES string of the molecule is CS(=O)(=O)N(CC(=O)N[C@H]1CCCc2ccccc21)c1cc(Cl)ccc1Cl. The maximum atomic E-state index is 12.7. The summed E-state index contributed by atoms with van der Waals surface area (Å²) in [6.07, 6.45) is 3.81. The van der Waals surface area contributed by atoms with Crippen molar-refractivity contribution >= 4 is 44.8 Å². The summed E-state index contributed by atoms with van der Waals surface area (Å²) in [4.78, 5) is 12.7. The highest BCUT2D eigenvalue weighted by molar-refractivity contribution is 7.92. The first-order chi connectivity index (χ1) is 12.8. The molecule has 0 heterocycles. The number of fused-ring (bicyclic) bond motifs is 1. The lowest BCUT2D eigenvalue weighted by atomic mass is 9.88. The van der Waals surface area contributed by atoms with Crippen LogP contribution in [0.3, 0.4) is 0 Å². The van der Waals surface area contributed by atoms with Gasteiger partial charge in [0.25, 0.3) is 0 Å². The normalized spacial score (nSPS) is 16.5. The molecule has 0 bridgehead atoms. The van der Waals surface area contributed by atoms with Crippen molar-refractivity contribution < 1.29 is 13.2 Å². The van der Waals surface area contributed by atoms with Crippen molar-refractivity contribution in [1.82, 2.24) is 5.32 Å². The second-order valence-corrected chi connectivity index (χ2v) is 9.33. The van der Waals surface area contributed by atoms with Gasteiger partial charge in [0, 0.05) is 5.02 Å². The second kappa shape index (κ2) is 8.09. The molecule has 2 aromatic carbocycles. The second-order valence-electron chi connectivity index (χ2n) is 6.58. The average molecular weight is 427 g/mol. The molecule has 0 aliphatic heterocycles. The molecule has 0 unspecified atom stereocenters. The first-order valence-electron chi connectivity index (χ1n) is 8.55. The third-order valence-electron chi connectivity index (χ3n) is 4.57. The van der Waals surface area contributed by atoms with Gasteiger partial charge in [-0.05, 0) is 48.6 Å². The van der Waals surface area contributed by atoms with Crippen molar-refractivity contribution in [1.29, 1.82) is 0 Å². The third kappa shape index (κ3) is 4.75. The van der Waals surface area contributed by atoms with Crippen LogP contribution in [0.4, 0.5) is 5.69 Å². The number of hydrogen-bond acceptors (Lipinski definition) is 3. The molecule has 1 N–H and O–H groups in total. The largest absolute Gasteiger partial charge is 0.348 e. The van der Waals surface area contributed by atoms with Crippen LogP contribution in [0.15, 0.2) is 42.5 Å². The van der Waals surface area contributed by atoms with E-state index in [4.69, 9.17) is 23.2 Å². The van der Waals surface area contributed by atoms with Crippen molar-refractivity contribution in [2.24, 2.45) is 0 Å². The highest BCUT2D eigenvalue weighted by Crippen LogP contribution is 2.32. The van der Waals surface area contributed by atoms with Gasteiger partial charge in [-0.3, -0.25) is 9.10 Å². The van der Waals surface area contributed by atoms with Crippen LogP contribution in [0.5, 0.6) is 0 Å². The van der Waals surface area contributed by atoms with E-state index in [2.05, 4.69) is 11.4 Å². The smallest absolute Gasteiger partial charge is 0.241 e. The van der Waals surface area contributed by atoms with Gasteiger partial charge in [0.15, 0.2) is 0 Å². The number of anilines is 1.